The lowest BCUT2D eigenvalue weighted by Crippen LogP contribution is -2.03. The van der Waals surface area contributed by atoms with E-state index in [1.54, 1.807) is 4.57 Å². The van der Waals surface area contributed by atoms with Crippen LogP contribution in [0.1, 0.15) is 6.85 Å². The van der Waals surface area contributed by atoms with Gasteiger partial charge in [-0.3, -0.25) is 4.57 Å². The summed E-state index contributed by atoms with van der Waals surface area (Å²) in [5.41, 5.74) is 5.10. The quantitative estimate of drug-likeness (QED) is 0.192. The Labute approximate surface area is 294 Å². The summed E-state index contributed by atoms with van der Waals surface area (Å²) in [5, 5.41) is 9.34. The van der Waals surface area contributed by atoms with Gasteiger partial charge in [-0.1, -0.05) is 115 Å². The van der Waals surface area contributed by atoms with Crippen molar-refractivity contribution in [3.63, 3.8) is 0 Å². The molecular weight excluding hydrogens is 609 g/mol. The summed E-state index contributed by atoms with van der Waals surface area (Å²) in [7, 11) is 0. The van der Waals surface area contributed by atoms with Crippen LogP contribution in [0.5, 0.6) is 0 Å². The van der Waals surface area contributed by atoms with Crippen LogP contribution in [0.15, 0.2) is 170 Å². The van der Waals surface area contributed by atoms with Crippen LogP contribution in [0.25, 0.3) is 99.0 Å². The molecule has 3 heterocycles. The summed E-state index contributed by atoms with van der Waals surface area (Å²) in [6, 6.07) is 45.7. The van der Waals surface area contributed by atoms with Gasteiger partial charge in [0.15, 0.2) is 5.82 Å². The predicted octanol–water partition coefficient (Wildman–Crippen LogP) is 11.8. The van der Waals surface area contributed by atoms with Gasteiger partial charge in [0.05, 0.1) is 34.4 Å². The van der Waals surface area contributed by atoms with Crippen molar-refractivity contribution in [1.29, 1.82) is 0 Å². The van der Waals surface area contributed by atoms with E-state index in [0.29, 0.717) is 11.3 Å². The lowest BCUT2D eigenvalue weighted by molar-refractivity contribution is 1.08. The van der Waals surface area contributed by atoms with Crippen LogP contribution < -0.4 is 0 Å². The van der Waals surface area contributed by atoms with Crippen LogP contribution in [0.3, 0.4) is 0 Å². The standard InChI is InChI=1S/C46H28N4/c1-2-15-33(16-3-1)49-41-25-23-29-12-6-7-17-34(29)44(41)37-24-22-32(28-42(37)49)45-47-39-20-10-8-19-36(39)46(48-45)50-40-21-11-9-18-35(40)38-26-30-13-4-5-14-31(30)27-43(38)50/h1-28H/i1D,2D,3D,15D,16D. The van der Waals surface area contributed by atoms with Gasteiger partial charge in [-0.15, -0.1) is 0 Å². The summed E-state index contributed by atoms with van der Waals surface area (Å²) < 4.78 is 47.4. The highest BCUT2D eigenvalue weighted by molar-refractivity contribution is 6.22. The van der Waals surface area contributed by atoms with Crippen molar-refractivity contribution in [2.24, 2.45) is 0 Å². The first-order valence-electron chi connectivity index (χ1n) is 19.1. The number of rotatable bonds is 3. The third-order valence-corrected chi connectivity index (χ3v) is 9.96. The van der Waals surface area contributed by atoms with Gasteiger partial charge in [0, 0.05) is 38.2 Å². The highest BCUT2D eigenvalue weighted by atomic mass is 15.1. The molecule has 11 aromatic rings. The van der Waals surface area contributed by atoms with E-state index in [0.717, 1.165) is 76.5 Å². The maximum absolute atomic E-state index is 9.00. The molecule has 0 unspecified atom stereocenters. The SMILES string of the molecule is [2H]c1c([2H])c([2H])c(-n2c3cc(-c4nc(-n5c6ccccc6c6cc7ccccc7cc65)c5ccccc5n4)ccc3c3c4ccccc4ccc32)c([2H])c1[2H]. The minimum Gasteiger partial charge on any atom is -0.309 e. The number of fused-ring (bicyclic) bond motifs is 10. The Hall–Kier alpha value is -6.78. The van der Waals surface area contributed by atoms with Gasteiger partial charge in [-0.2, -0.15) is 0 Å². The van der Waals surface area contributed by atoms with Crippen molar-refractivity contribution < 1.29 is 6.85 Å². The molecule has 0 N–H and O–H groups in total. The van der Waals surface area contributed by atoms with Crippen LogP contribution >= 0.6 is 0 Å². The molecule has 4 heteroatoms. The fourth-order valence-corrected chi connectivity index (χ4v) is 7.77. The van der Waals surface area contributed by atoms with E-state index in [-0.39, 0.29) is 29.9 Å². The molecule has 0 fully saturated rings. The Morgan fingerprint density at radius 1 is 0.440 bits per heavy atom. The average Bonchev–Trinajstić information content (AvgIpc) is 3.73. The van der Waals surface area contributed by atoms with Gasteiger partial charge in [-0.05, 0) is 76.1 Å². The zero-order chi connectivity index (χ0) is 37.1. The van der Waals surface area contributed by atoms with Crippen molar-refractivity contribution in [1.82, 2.24) is 19.1 Å². The van der Waals surface area contributed by atoms with Crippen LogP contribution in [-0.4, -0.2) is 19.1 Å². The van der Waals surface area contributed by atoms with Gasteiger partial charge in [0.25, 0.3) is 0 Å². The minimum absolute atomic E-state index is 0.0936. The summed E-state index contributed by atoms with van der Waals surface area (Å²) in [6.45, 7) is 0. The topological polar surface area (TPSA) is 35.6 Å². The van der Waals surface area contributed by atoms with Crippen molar-refractivity contribution in [2.75, 3.05) is 0 Å². The molecule has 8 aromatic carbocycles. The van der Waals surface area contributed by atoms with E-state index >= 15 is 0 Å². The Balaban J connectivity index is 1.24. The molecule has 0 bridgehead atoms. The molecule has 0 amide bonds. The number of para-hydroxylation sites is 3. The summed E-state index contributed by atoms with van der Waals surface area (Å²) in [6.07, 6.45) is 0. The molecule has 0 aliphatic rings. The first-order chi connectivity index (χ1) is 26.9. The maximum Gasteiger partial charge on any atom is 0.162 e. The Morgan fingerprint density at radius 3 is 2.00 bits per heavy atom. The smallest absolute Gasteiger partial charge is 0.162 e. The Morgan fingerprint density at radius 2 is 1.14 bits per heavy atom. The van der Waals surface area contributed by atoms with Crippen LogP contribution in [0.2, 0.25) is 0 Å². The molecule has 4 nitrogen and oxygen atoms in total. The largest absolute Gasteiger partial charge is 0.309 e. The first kappa shape index (κ1) is 22.7. The minimum atomic E-state index is -0.430. The second-order valence-electron chi connectivity index (χ2n) is 12.7. The van der Waals surface area contributed by atoms with E-state index in [1.165, 1.54) is 5.39 Å². The first-order valence-corrected chi connectivity index (χ1v) is 16.6. The normalized spacial score (nSPS) is 13.4. The molecule has 0 saturated heterocycles. The molecule has 0 saturated carbocycles. The van der Waals surface area contributed by atoms with Gasteiger partial charge in [0.1, 0.15) is 5.82 Å². The molecule has 50 heavy (non-hydrogen) atoms. The molecule has 0 aliphatic carbocycles. The maximum atomic E-state index is 9.00. The fraction of sp³-hybridized carbons (Fsp3) is 0. The van der Waals surface area contributed by atoms with Crippen molar-refractivity contribution >= 4 is 76.1 Å². The average molecular weight is 642 g/mol. The van der Waals surface area contributed by atoms with Crippen molar-refractivity contribution in [3.05, 3.63) is 170 Å². The summed E-state index contributed by atoms with van der Waals surface area (Å²) >= 11 is 0. The second kappa shape index (κ2) is 10.4. The number of aromatic nitrogens is 4. The Bertz CT molecular complexity index is 3430. The number of hydrogen-bond acceptors (Lipinski definition) is 2. The highest BCUT2D eigenvalue weighted by Gasteiger charge is 2.20. The van der Waals surface area contributed by atoms with Crippen LogP contribution in [0.4, 0.5) is 0 Å². The van der Waals surface area contributed by atoms with Gasteiger partial charge in [0.2, 0.25) is 0 Å². The number of benzene rings is 8. The van der Waals surface area contributed by atoms with Gasteiger partial charge >= 0.3 is 0 Å². The molecule has 3 aromatic heterocycles. The third kappa shape index (κ3) is 3.87. The Kier molecular flexibility index (Phi) is 4.71. The van der Waals surface area contributed by atoms with Gasteiger partial charge < -0.3 is 4.57 Å². The van der Waals surface area contributed by atoms with Gasteiger partial charge in [-0.25, -0.2) is 9.97 Å². The lowest BCUT2D eigenvalue weighted by Gasteiger charge is -2.13. The molecule has 0 spiro atoms. The molecular formula is C46H28N4. The van der Waals surface area contributed by atoms with Crippen molar-refractivity contribution in [3.8, 4) is 22.9 Å². The fourth-order valence-electron chi connectivity index (χ4n) is 7.77. The lowest BCUT2D eigenvalue weighted by atomic mass is 10.0. The molecule has 0 atom stereocenters. The molecule has 11 rings (SSSR count). The zero-order valence-corrected chi connectivity index (χ0v) is 26.6. The zero-order valence-electron chi connectivity index (χ0n) is 31.6. The third-order valence-electron chi connectivity index (χ3n) is 9.96. The molecule has 0 aliphatic heterocycles. The van der Waals surface area contributed by atoms with E-state index < -0.39 is 6.04 Å². The van der Waals surface area contributed by atoms with E-state index in [1.807, 2.05) is 60.7 Å². The second-order valence-corrected chi connectivity index (χ2v) is 12.7. The van der Waals surface area contributed by atoms with Crippen molar-refractivity contribution in [2.45, 2.75) is 0 Å². The summed E-state index contributed by atoms with van der Waals surface area (Å²) in [4.78, 5) is 10.5. The number of hydrogen-bond donors (Lipinski definition) is 0. The number of nitrogens with zero attached hydrogens (tertiary/aromatic N) is 4. The van der Waals surface area contributed by atoms with E-state index in [2.05, 4.69) is 83.4 Å². The molecule has 0 radical (unpaired) electrons. The van der Waals surface area contributed by atoms with E-state index in [4.69, 9.17) is 16.8 Å². The van der Waals surface area contributed by atoms with Crippen LogP contribution in [0, 0.1) is 0 Å². The summed E-state index contributed by atoms with van der Waals surface area (Å²) in [5.74, 6) is 1.25. The molecule has 232 valence electrons. The monoisotopic (exact) mass is 641 g/mol. The predicted molar refractivity (Wildman–Crippen MR) is 209 cm³/mol. The highest BCUT2D eigenvalue weighted by Crippen LogP contribution is 2.40. The van der Waals surface area contributed by atoms with Crippen LogP contribution in [-0.2, 0) is 0 Å². The van der Waals surface area contributed by atoms with E-state index in [9.17, 15) is 0 Å².